The Hall–Kier alpha value is -3.62. The van der Waals surface area contributed by atoms with E-state index >= 15 is 0 Å². The predicted octanol–water partition coefficient (Wildman–Crippen LogP) is 8.51. The van der Waals surface area contributed by atoms with Crippen molar-refractivity contribution in [3.05, 3.63) is 97.1 Å². The highest BCUT2D eigenvalue weighted by Gasteiger charge is 2.13. The van der Waals surface area contributed by atoms with E-state index in [4.69, 9.17) is 0 Å². The molecular weight excluding hydrogens is 382 g/mol. The fourth-order valence-electron chi connectivity index (χ4n) is 4.81. The third-order valence-corrected chi connectivity index (χ3v) is 7.41. The molecule has 30 heavy (non-hydrogen) atoms. The summed E-state index contributed by atoms with van der Waals surface area (Å²) in [6, 6.07) is 35.2. The number of H-pyrrole nitrogens is 1. The van der Waals surface area contributed by atoms with E-state index in [9.17, 15) is 0 Å². The van der Waals surface area contributed by atoms with Crippen molar-refractivity contribution in [2.75, 3.05) is 0 Å². The number of aromatic nitrogens is 1. The van der Waals surface area contributed by atoms with Crippen LogP contribution in [0.4, 0.5) is 0 Å². The molecule has 2 heteroatoms. The van der Waals surface area contributed by atoms with E-state index in [1.807, 2.05) is 11.3 Å². The second-order valence-electron chi connectivity index (χ2n) is 7.88. The van der Waals surface area contributed by atoms with Crippen LogP contribution in [-0.4, -0.2) is 4.98 Å². The van der Waals surface area contributed by atoms with Crippen LogP contribution in [-0.2, 0) is 0 Å². The Kier molecular flexibility index (Phi) is 3.21. The lowest BCUT2D eigenvalue weighted by Crippen LogP contribution is -1.81. The van der Waals surface area contributed by atoms with E-state index < -0.39 is 0 Å². The quantitative estimate of drug-likeness (QED) is 0.285. The van der Waals surface area contributed by atoms with Crippen LogP contribution in [0.25, 0.3) is 63.9 Å². The number of hydrogen-bond donors (Lipinski definition) is 1. The molecule has 0 aliphatic carbocycles. The maximum atomic E-state index is 3.58. The fourth-order valence-corrected chi connectivity index (χ4v) is 6.06. The van der Waals surface area contributed by atoms with Crippen LogP contribution in [0.15, 0.2) is 97.1 Å². The fraction of sp³-hybridized carbons (Fsp3) is 0. The Labute approximate surface area is 177 Å². The van der Waals surface area contributed by atoms with Gasteiger partial charge in [-0.2, -0.15) is 0 Å². The van der Waals surface area contributed by atoms with Crippen molar-refractivity contribution in [1.29, 1.82) is 0 Å². The first-order valence-electron chi connectivity index (χ1n) is 10.2. The van der Waals surface area contributed by atoms with Crippen molar-refractivity contribution >= 4 is 64.1 Å². The highest BCUT2D eigenvalue weighted by molar-refractivity contribution is 7.26. The molecule has 0 atom stereocenters. The summed E-state index contributed by atoms with van der Waals surface area (Å²) in [7, 11) is 0. The minimum absolute atomic E-state index is 1.20. The van der Waals surface area contributed by atoms with Gasteiger partial charge in [0.25, 0.3) is 0 Å². The largest absolute Gasteiger partial charge is 0.354 e. The van der Waals surface area contributed by atoms with Crippen LogP contribution in [0.2, 0.25) is 0 Å². The zero-order valence-electron chi connectivity index (χ0n) is 16.1. The van der Waals surface area contributed by atoms with Gasteiger partial charge in [0.2, 0.25) is 0 Å². The smallest absolute Gasteiger partial charge is 0.0479 e. The molecule has 2 heterocycles. The molecule has 0 aliphatic rings. The number of aromatic amines is 1. The molecule has 2 aromatic heterocycles. The molecule has 5 aromatic carbocycles. The molecule has 1 nitrogen and oxygen atoms in total. The van der Waals surface area contributed by atoms with Gasteiger partial charge in [0, 0.05) is 42.0 Å². The van der Waals surface area contributed by atoms with Gasteiger partial charge in [-0.25, -0.2) is 0 Å². The van der Waals surface area contributed by atoms with E-state index in [2.05, 4.69) is 102 Å². The molecule has 1 N–H and O–H groups in total. The average molecular weight is 400 g/mol. The molecule has 0 fully saturated rings. The maximum Gasteiger partial charge on any atom is 0.0479 e. The molecule has 0 amide bonds. The normalized spacial score (nSPS) is 12.0. The van der Waals surface area contributed by atoms with E-state index in [1.165, 1.54) is 63.9 Å². The van der Waals surface area contributed by atoms with Crippen LogP contribution in [0.3, 0.4) is 0 Å². The molecule has 0 spiro atoms. The first kappa shape index (κ1) is 16.2. The standard InChI is InChI=1S/C28H17NS/c1-2-8-19-17(6-1)7-5-10-20(19)18-12-15-26-23(16-18)21-13-14-25-27(28(21)30-26)22-9-3-4-11-24(22)29-25/h1-16,29H. The minimum Gasteiger partial charge on any atom is -0.354 e. The first-order valence-corrected chi connectivity index (χ1v) is 11.0. The number of nitrogens with one attached hydrogen (secondary N) is 1. The van der Waals surface area contributed by atoms with E-state index in [1.54, 1.807) is 0 Å². The number of fused-ring (bicyclic) bond motifs is 8. The second kappa shape index (κ2) is 5.94. The zero-order chi connectivity index (χ0) is 19.7. The van der Waals surface area contributed by atoms with Crippen molar-refractivity contribution in [3.8, 4) is 11.1 Å². The van der Waals surface area contributed by atoms with Crippen molar-refractivity contribution in [2.45, 2.75) is 0 Å². The number of thiophene rings is 1. The van der Waals surface area contributed by atoms with Gasteiger partial charge in [-0.05, 0) is 46.2 Å². The highest BCUT2D eigenvalue weighted by Crippen LogP contribution is 2.42. The Morgan fingerprint density at radius 1 is 0.567 bits per heavy atom. The summed E-state index contributed by atoms with van der Waals surface area (Å²) in [5.74, 6) is 0. The van der Waals surface area contributed by atoms with Crippen LogP contribution in [0.1, 0.15) is 0 Å². The molecule has 7 rings (SSSR count). The molecular formula is C28H17NS. The molecule has 0 unspecified atom stereocenters. The Bertz CT molecular complexity index is 1740. The first-order chi connectivity index (χ1) is 14.9. The van der Waals surface area contributed by atoms with Crippen LogP contribution >= 0.6 is 11.3 Å². The topological polar surface area (TPSA) is 15.8 Å². The van der Waals surface area contributed by atoms with Gasteiger partial charge in [-0.3, -0.25) is 0 Å². The van der Waals surface area contributed by atoms with Crippen LogP contribution in [0, 0.1) is 0 Å². The molecule has 0 saturated carbocycles. The third kappa shape index (κ3) is 2.17. The van der Waals surface area contributed by atoms with Crippen LogP contribution < -0.4 is 0 Å². The molecule has 0 aliphatic heterocycles. The van der Waals surface area contributed by atoms with Crippen molar-refractivity contribution in [2.24, 2.45) is 0 Å². The van der Waals surface area contributed by atoms with Crippen LogP contribution in [0.5, 0.6) is 0 Å². The molecule has 0 radical (unpaired) electrons. The van der Waals surface area contributed by atoms with Gasteiger partial charge in [-0.15, -0.1) is 11.3 Å². The molecule has 0 bridgehead atoms. The Balaban J connectivity index is 1.56. The molecule has 7 aromatic rings. The summed E-state index contributed by atoms with van der Waals surface area (Å²) in [5, 5.41) is 7.92. The Morgan fingerprint density at radius 3 is 2.37 bits per heavy atom. The van der Waals surface area contributed by atoms with Crippen molar-refractivity contribution in [3.63, 3.8) is 0 Å². The highest BCUT2D eigenvalue weighted by atomic mass is 32.1. The summed E-state index contributed by atoms with van der Waals surface area (Å²) >= 11 is 1.90. The van der Waals surface area contributed by atoms with Gasteiger partial charge in [0.15, 0.2) is 0 Å². The lowest BCUT2D eigenvalue weighted by molar-refractivity contribution is 1.55. The molecule has 0 saturated heterocycles. The van der Waals surface area contributed by atoms with Crippen molar-refractivity contribution in [1.82, 2.24) is 4.98 Å². The summed E-state index contributed by atoms with van der Waals surface area (Å²) < 4.78 is 2.71. The molecule has 140 valence electrons. The van der Waals surface area contributed by atoms with Gasteiger partial charge in [0.05, 0.1) is 0 Å². The van der Waals surface area contributed by atoms with E-state index in [-0.39, 0.29) is 0 Å². The lowest BCUT2D eigenvalue weighted by Gasteiger charge is -2.07. The van der Waals surface area contributed by atoms with Gasteiger partial charge < -0.3 is 4.98 Å². The zero-order valence-corrected chi connectivity index (χ0v) is 17.0. The maximum absolute atomic E-state index is 3.58. The second-order valence-corrected chi connectivity index (χ2v) is 8.93. The van der Waals surface area contributed by atoms with Gasteiger partial charge >= 0.3 is 0 Å². The van der Waals surface area contributed by atoms with Crippen molar-refractivity contribution < 1.29 is 0 Å². The monoisotopic (exact) mass is 399 g/mol. The predicted molar refractivity (Wildman–Crippen MR) is 132 cm³/mol. The summed E-state index contributed by atoms with van der Waals surface area (Å²) in [5.41, 5.74) is 4.99. The SMILES string of the molecule is c1ccc2c(-c3ccc4sc5c(ccc6[nH]c7ccccc7c65)c4c3)cccc2c1. The van der Waals surface area contributed by atoms with Gasteiger partial charge in [-0.1, -0.05) is 72.8 Å². The minimum atomic E-state index is 1.20. The summed E-state index contributed by atoms with van der Waals surface area (Å²) in [6.45, 7) is 0. The number of benzene rings is 5. The van der Waals surface area contributed by atoms with E-state index in [0.29, 0.717) is 0 Å². The van der Waals surface area contributed by atoms with Gasteiger partial charge in [0.1, 0.15) is 0 Å². The average Bonchev–Trinajstić information content (AvgIpc) is 3.36. The lowest BCUT2D eigenvalue weighted by atomic mass is 9.97. The third-order valence-electron chi connectivity index (χ3n) is 6.21. The summed E-state index contributed by atoms with van der Waals surface area (Å²) in [6.07, 6.45) is 0. The number of hydrogen-bond acceptors (Lipinski definition) is 1. The number of para-hydroxylation sites is 1. The Morgan fingerprint density at radius 2 is 1.40 bits per heavy atom. The number of rotatable bonds is 1. The van der Waals surface area contributed by atoms with E-state index in [0.717, 1.165) is 0 Å². The summed E-state index contributed by atoms with van der Waals surface area (Å²) in [4.78, 5) is 3.58.